The number of nitrogens with one attached hydrogen (secondary N) is 1. The smallest absolute Gasteiger partial charge is 0.408 e. The van der Waals surface area contributed by atoms with Crippen LogP contribution in [0.3, 0.4) is 0 Å². The summed E-state index contributed by atoms with van der Waals surface area (Å²) in [5.41, 5.74) is 3.96. The van der Waals surface area contributed by atoms with Gasteiger partial charge in [0.2, 0.25) is 5.95 Å². The van der Waals surface area contributed by atoms with Crippen molar-refractivity contribution in [1.29, 1.82) is 0 Å². The van der Waals surface area contributed by atoms with Gasteiger partial charge < -0.3 is 24.4 Å². The summed E-state index contributed by atoms with van der Waals surface area (Å²) in [4.78, 5) is 43.2. The number of hydrogen-bond acceptors (Lipinski definition) is 7. The lowest BCUT2D eigenvalue weighted by Gasteiger charge is -2.48. The van der Waals surface area contributed by atoms with Crippen molar-refractivity contribution in [2.45, 2.75) is 64.3 Å². The first-order chi connectivity index (χ1) is 22.2. The van der Waals surface area contributed by atoms with Crippen LogP contribution in [-0.2, 0) is 4.74 Å². The maximum Gasteiger partial charge on any atom is 0.408 e. The quantitative estimate of drug-likeness (QED) is 0.331. The molecule has 1 saturated heterocycles. The summed E-state index contributed by atoms with van der Waals surface area (Å²) in [7, 11) is 0. The van der Waals surface area contributed by atoms with Crippen LogP contribution in [0, 0.1) is 11.8 Å². The van der Waals surface area contributed by atoms with Gasteiger partial charge in [0.1, 0.15) is 11.4 Å². The van der Waals surface area contributed by atoms with E-state index in [1.165, 1.54) is 0 Å². The molecule has 10 heteroatoms. The van der Waals surface area contributed by atoms with E-state index >= 15 is 0 Å². The lowest BCUT2D eigenvalue weighted by atomic mass is 9.93. The zero-order valence-electron chi connectivity index (χ0n) is 28.3. The van der Waals surface area contributed by atoms with Crippen molar-refractivity contribution in [1.82, 2.24) is 29.7 Å². The largest absolute Gasteiger partial charge is 0.444 e. The van der Waals surface area contributed by atoms with Gasteiger partial charge in [0.05, 0.1) is 28.7 Å². The summed E-state index contributed by atoms with van der Waals surface area (Å²) < 4.78 is 32.3. The number of nitrogens with zero attached hydrogens (tertiary/aromatic N) is 6. The molecule has 2 aromatic heterocycles. The van der Waals surface area contributed by atoms with E-state index in [0.717, 1.165) is 27.1 Å². The van der Waals surface area contributed by atoms with Crippen molar-refractivity contribution in [3.05, 3.63) is 71.3 Å². The molecule has 10 nitrogen and oxygen atoms in total. The van der Waals surface area contributed by atoms with E-state index in [9.17, 15) is 9.59 Å². The molecule has 224 valence electrons. The standard InChI is InChI=1S/C34H35N7O3/c1-7-9-20-10-8-11-23-28(20)26-15-27(39(6)30(23)42)29-37-24-13-12-21(14-25(24)41(26)29)22-16-35-31(36-17-22)40-18-34(5,19-40)38-32(43)44-33(2,3)4/h8,10-14,16-17,26-27H,15,18-19H2,1-6H3,(H,38,43)/t26-,27-/m1/s1/i6D3. The van der Waals surface area contributed by atoms with Crippen LogP contribution in [-0.4, -0.2) is 67.6 Å². The van der Waals surface area contributed by atoms with Gasteiger partial charge in [-0.3, -0.25) is 4.79 Å². The third-order valence-electron chi connectivity index (χ3n) is 8.37. The number of amides is 2. The number of ether oxygens (including phenoxy) is 1. The highest BCUT2D eigenvalue weighted by atomic mass is 16.6. The van der Waals surface area contributed by atoms with Gasteiger partial charge >= 0.3 is 6.09 Å². The number of carbonyl (C=O) groups excluding carboxylic acids is 2. The number of carbonyl (C=O) groups is 2. The summed E-state index contributed by atoms with van der Waals surface area (Å²) in [5.74, 6) is 6.65. The fourth-order valence-corrected chi connectivity index (χ4v) is 6.57. The monoisotopic (exact) mass is 592 g/mol. The van der Waals surface area contributed by atoms with Gasteiger partial charge in [0.15, 0.2) is 0 Å². The Labute approximate surface area is 260 Å². The highest BCUT2D eigenvalue weighted by Gasteiger charge is 2.45. The number of rotatable bonds is 3. The van der Waals surface area contributed by atoms with E-state index < -0.39 is 36.2 Å². The molecular weight excluding hydrogens is 554 g/mol. The fraction of sp³-hybridized carbons (Fsp3) is 0.382. The van der Waals surface area contributed by atoms with Crippen LogP contribution in [0.15, 0.2) is 48.8 Å². The van der Waals surface area contributed by atoms with Crippen molar-refractivity contribution in [3.8, 4) is 23.0 Å². The molecule has 3 aliphatic rings. The molecule has 0 saturated carbocycles. The highest BCUT2D eigenvalue weighted by Crippen LogP contribution is 2.48. The first kappa shape index (κ1) is 24.5. The van der Waals surface area contributed by atoms with Gasteiger partial charge in [-0.15, -0.1) is 5.92 Å². The molecule has 7 rings (SSSR count). The summed E-state index contributed by atoms with van der Waals surface area (Å²) >= 11 is 0. The molecule has 2 atom stereocenters. The molecule has 0 radical (unpaired) electrons. The van der Waals surface area contributed by atoms with Crippen molar-refractivity contribution in [2.24, 2.45) is 0 Å². The molecule has 1 N–H and O–H groups in total. The molecule has 0 spiro atoms. The fourth-order valence-electron chi connectivity index (χ4n) is 6.57. The van der Waals surface area contributed by atoms with Crippen molar-refractivity contribution in [2.75, 3.05) is 25.0 Å². The molecule has 2 amide bonds. The van der Waals surface area contributed by atoms with Crippen LogP contribution in [0.2, 0.25) is 0 Å². The predicted molar refractivity (Wildman–Crippen MR) is 167 cm³/mol. The first-order valence-corrected chi connectivity index (χ1v) is 14.7. The van der Waals surface area contributed by atoms with E-state index in [1.54, 1.807) is 31.5 Å². The third kappa shape index (κ3) is 4.55. The van der Waals surface area contributed by atoms with E-state index in [1.807, 2.05) is 56.9 Å². The Morgan fingerprint density at radius 2 is 1.91 bits per heavy atom. The SMILES string of the molecule is [2H]C([2H])([2H])N1C(=O)c2cccc(C#CC)c2[C@H]2C[C@@H]1c1nc3ccc(-c4cnc(N5CC(C)(NC(=O)OC(C)(C)C)C5)nc4)cc3n12. The third-order valence-corrected chi connectivity index (χ3v) is 8.37. The molecule has 2 bridgehead atoms. The van der Waals surface area contributed by atoms with Gasteiger partial charge in [-0.2, -0.15) is 0 Å². The van der Waals surface area contributed by atoms with Gasteiger partial charge in [-0.25, -0.2) is 19.7 Å². The van der Waals surface area contributed by atoms with E-state index in [4.69, 9.17) is 13.8 Å². The van der Waals surface area contributed by atoms with Crippen LogP contribution in [0.4, 0.5) is 10.7 Å². The normalized spacial score (nSPS) is 21.1. The molecule has 3 aliphatic heterocycles. The molecular formula is C34H35N7O3. The number of imidazole rings is 1. The second-order valence-electron chi connectivity index (χ2n) is 12.9. The van der Waals surface area contributed by atoms with Crippen LogP contribution >= 0.6 is 0 Å². The summed E-state index contributed by atoms with van der Waals surface area (Å²) in [6.07, 6.45) is 3.47. The van der Waals surface area contributed by atoms with E-state index in [2.05, 4.69) is 31.7 Å². The first-order valence-electron chi connectivity index (χ1n) is 16.2. The van der Waals surface area contributed by atoms with Crippen molar-refractivity contribution < 1.29 is 18.4 Å². The summed E-state index contributed by atoms with van der Waals surface area (Å²) in [6.45, 7) is 7.62. The number of anilines is 1. The van der Waals surface area contributed by atoms with Crippen LogP contribution in [0.5, 0.6) is 0 Å². The van der Waals surface area contributed by atoms with Crippen molar-refractivity contribution in [3.63, 3.8) is 0 Å². The van der Waals surface area contributed by atoms with Crippen LogP contribution in [0.1, 0.15) is 84.5 Å². The molecule has 2 aromatic carbocycles. The number of hydrogen-bond donors (Lipinski definition) is 1. The van der Waals surface area contributed by atoms with Crippen molar-refractivity contribution >= 4 is 29.0 Å². The van der Waals surface area contributed by atoms with Gasteiger partial charge in [-0.1, -0.05) is 18.1 Å². The highest BCUT2D eigenvalue weighted by molar-refractivity contribution is 5.98. The number of fused-ring (bicyclic) bond motifs is 9. The number of alkyl carbamates (subject to hydrolysis) is 1. The summed E-state index contributed by atoms with van der Waals surface area (Å²) in [5, 5.41) is 2.94. The Morgan fingerprint density at radius 3 is 2.61 bits per heavy atom. The average molecular weight is 593 g/mol. The lowest BCUT2D eigenvalue weighted by molar-refractivity contribution is 0.0444. The van der Waals surface area contributed by atoms with E-state index in [-0.39, 0.29) is 6.04 Å². The Balaban J connectivity index is 1.21. The minimum absolute atomic E-state index is 0.327. The topological polar surface area (TPSA) is 105 Å². The molecule has 44 heavy (non-hydrogen) atoms. The minimum Gasteiger partial charge on any atom is -0.444 e. The number of benzene rings is 2. The zero-order valence-corrected chi connectivity index (χ0v) is 25.3. The molecule has 4 aromatic rings. The predicted octanol–water partition coefficient (Wildman–Crippen LogP) is 5.09. The maximum atomic E-state index is 13.8. The Morgan fingerprint density at radius 1 is 1.14 bits per heavy atom. The molecule has 5 heterocycles. The maximum absolute atomic E-state index is 13.8. The Hall–Kier alpha value is -4.91. The number of aromatic nitrogens is 4. The van der Waals surface area contributed by atoms with Gasteiger partial charge in [0, 0.05) is 65.2 Å². The second kappa shape index (κ2) is 9.81. The Kier molecular flexibility index (Phi) is 5.47. The van der Waals surface area contributed by atoms with Crippen LogP contribution in [0.25, 0.3) is 22.2 Å². The lowest BCUT2D eigenvalue weighted by Crippen LogP contribution is -2.69. The Bertz CT molecular complexity index is 2000. The second-order valence-corrected chi connectivity index (χ2v) is 12.9. The summed E-state index contributed by atoms with van der Waals surface area (Å²) in [6, 6.07) is 10.1. The molecule has 0 unspecified atom stereocenters. The minimum atomic E-state index is -2.66. The average Bonchev–Trinajstić information content (AvgIpc) is 3.47. The van der Waals surface area contributed by atoms with Crippen LogP contribution < -0.4 is 10.2 Å². The molecule has 0 aliphatic carbocycles. The zero-order chi connectivity index (χ0) is 33.5. The van der Waals surface area contributed by atoms with Gasteiger partial charge in [-0.05, 0) is 64.4 Å². The van der Waals surface area contributed by atoms with E-state index in [0.29, 0.717) is 47.9 Å². The van der Waals surface area contributed by atoms with Gasteiger partial charge in [0.25, 0.3) is 5.91 Å². The molecule has 1 fully saturated rings.